The average Bonchev–Trinajstić information content (AvgIpc) is 2.48. The van der Waals surface area contributed by atoms with Crippen molar-refractivity contribution in [1.82, 2.24) is 15.1 Å². The van der Waals surface area contributed by atoms with Crippen molar-refractivity contribution >= 4 is 5.91 Å². The van der Waals surface area contributed by atoms with Gasteiger partial charge in [0.15, 0.2) is 0 Å². The second-order valence-electron chi connectivity index (χ2n) is 5.53. The summed E-state index contributed by atoms with van der Waals surface area (Å²) >= 11 is 0. The largest absolute Gasteiger partial charge is 0.347 e. The van der Waals surface area contributed by atoms with Gasteiger partial charge >= 0.3 is 0 Å². The third kappa shape index (κ3) is 3.39. The lowest BCUT2D eigenvalue weighted by molar-refractivity contribution is -0.136. The quantitative estimate of drug-likeness (QED) is 0.916. The average molecular weight is 297 g/mol. The molecule has 1 amide bonds. The molecule has 0 radical (unpaired) electrons. The van der Waals surface area contributed by atoms with E-state index in [2.05, 4.69) is 5.32 Å². The van der Waals surface area contributed by atoms with Crippen LogP contribution in [-0.2, 0) is 4.79 Å². The molecule has 0 aromatic heterocycles. The van der Waals surface area contributed by atoms with Gasteiger partial charge in [0.05, 0.1) is 0 Å². The summed E-state index contributed by atoms with van der Waals surface area (Å²) in [7, 11) is 3.39. The van der Waals surface area contributed by atoms with Gasteiger partial charge in [0.25, 0.3) is 0 Å². The van der Waals surface area contributed by atoms with Crippen molar-refractivity contribution in [3.8, 4) is 0 Å². The minimum atomic E-state index is -0.469. The van der Waals surface area contributed by atoms with Crippen LogP contribution in [0.25, 0.3) is 0 Å². The number of carbonyl (C=O) groups excluding carboxylic acids is 1. The molecular formula is C15H21F2N3O. The Morgan fingerprint density at radius 1 is 1.43 bits per heavy atom. The predicted octanol–water partition coefficient (Wildman–Crippen LogP) is 1.39. The number of likely N-dealkylation sites (N-methyl/N-ethyl adjacent to an activating group) is 1. The van der Waals surface area contributed by atoms with Crippen LogP contribution < -0.4 is 5.32 Å². The van der Waals surface area contributed by atoms with Gasteiger partial charge in [0, 0.05) is 45.3 Å². The van der Waals surface area contributed by atoms with Crippen molar-refractivity contribution in [2.24, 2.45) is 0 Å². The summed E-state index contributed by atoms with van der Waals surface area (Å²) in [6, 6.07) is 2.71. The number of amides is 1. The first-order chi connectivity index (χ1) is 9.91. The molecule has 1 fully saturated rings. The number of nitrogens with zero attached hydrogens (tertiary/aromatic N) is 2. The maximum Gasteiger partial charge on any atom is 0.240 e. The van der Waals surface area contributed by atoms with Gasteiger partial charge in [-0.1, -0.05) is 0 Å². The molecule has 21 heavy (non-hydrogen) atoms. The lowest BCUT2D eigenvalue weighted by Crippen LogP contribution is -2.58. The van der Waals surface area contributed by atoms with E-state index < -0.39 is 11.6 Å². The number of rotatable bonds is 3. The summed E-state index contributed by atoms with van der Waals surface area (Å²) in [5.74, 6) is -0.951. The van der Waals surface area contributed by atoms with Gasteiger partial charge in [-0.3, -0.25) is 9.69 Å². The number of hydrogen-bond donors (Lipinski definition) is 1. The highest BCUT2D eigenvalue weighted by Crippen LogP contribution is 2.26. The number of hydrogen-bond acceptors (Lipinski definition) is 3. The van der Waals surface area contributed by atoms with Gasteiger partial charge in [-0.05, 0) is 25.1 Å². The zero-order valence-electron chi connectivity index (χ0n) is 12.6. The van der Waals surface area contributed by atoms with Crippen LogP contribution >= 0.6 is 0 Å². The monoisotopic (exact) mass is 297 g/mol. The van der Waals surface area contributed by atoms with Crippen LogP contribution in [0.3, 0.4) is 0 Å². The summed E-state index contributed by atoms with van der Waals surface area (Å²) in [5, 5.41) is 3.18. The molecule has 116 valence electrons. The highest BCUT2D eigenvalue weighted by Gasteiger charge is 2.34. The third-order valence-corrected chi connectivity index (χ3v) is 3.92. The minimum Gasteiger partial charge on any atom is -0.347 e. The Labute approximate surface area is 123 Å². The SMILES string of the molecule is CC(c1cc(F)ccc1F)N1CCNCC1C(=O)N(C)C. The van der Waals surface area contributed by atoms with E-state index in [0.717, 1.165) is 18.7 Å². The molecule has 0 spiro atoms. The van der Waals surface area contributed by atoms with Crippen LogP contribution in [0.5, 0.6) is 0 Å². The second-order valence-corrected chi connectivity index (χ2v) is 5.53. The highest BCUT2D eigenvalue weighted by molar-refractivity contribution is 5.81. The van der Waals surface area contributed by atoms with E-state index in [1.807, 2.05) is 4.90 Å². The van der Waals surface area contributed by atoms with Gasteiger partial charge in [0.1, 0.15) is 17.7 Å². The van der Waals surface area contributed by atoms with Crippen LogP contribution in [-0.4, -0.2) is 55.5 Å². The van der Waals surface area contributed by atoms with E-state index in [1.54, 1.807) is 21.0 Å². The molecule has 1 saturated heterocycles. The molecule has 0 saturated carbocycles. The van der Waals surface area contributed by atoms with Crippen molar-refractivity contribution in [3.05, 3.63) is 35.4 Å². The molecule has 2 unspecified atom stereocenters. The zero-order chi connectivity index (χ0) is 15.6. The molecule has 6 heteroatoms. The van der Waals surface area contributed by atoms with Crippen molar-refractivity contribution < 1.29 is 13.6 Å². The Hall–Kier alpha value is -1.53. The molecular weight excluding hydrogens is 276 g/mol. The molecule has 1 aliphatic heterocycles. The Morgan fingerprint density at radius 2 is 2.14 bits per heavy atom. The van der Waals surface area contributed by atoms with Crippen LogP contribution in [0, 0.1) is 11.6 Å². The molecule has 4 nitrogen and oxygen atoms in total. The van der Waals surface area contributed by atoms with Gasteiger partial charge in [-0.15, -0.1) is 0 Å². The first-order valence-corrected chi connectivity index (χ1v) is 7.04. The lowest BCUT2D eigenvalue weighted by atomic mass is 10.0. The molecule has 1 aromatic carbocycles. The maximum absolute atomic E-state index is 14.0. The fraction of sp³-hybridized carbons (Fsp3) is 0.533. The Balaban J connectivity index is 2.28. The van der Waals surface area contributed by atoms with Crippen molar-refractivity contribution in [2.45, 2.75) is 19.0 Å². The molecule has 0 aliphatic carbocycles. The fourth-order valence-corrected chi connectivity index (χ4v) is 2.72. The fourth-order valence-electron chi connectivity index (χ4n) is 2.72. The maximum atomic E-state index is 14.0. The second kappa shape index (κ2) is 6.49. The molecule has 2 atom stereocenters. The number of nitrogens with one attached hydrogen (secondary N) is 1. The first kappa shape index (κ1) is 15.9. The van der Waals surface area contributed by atoms with E-state index in [9.17, 15) is 13.6 Å². The van der Waals surface area contributed by atoms with E-state index in [-0.39, 0.29) is 23.6 Å². The third-order valence-electron chi connectivity index (χ3n) is 3.92. The van der Waals surface area contributed by atoms with Crippen molar-refractivity contribution in [3.63, 3.8) is 0 Å². The Bertz CT molecular complexity index is 522. The number of piperazine rings is 1. The summed E-state index contributed by atoms with van der Waals surface area (Å²) in [4.78, 5) is 15.7. The summed E-state index contributed by atoms with van der Waals surface area (Å²) in [6.45, 7) is 3.65. The zero-order valence-corrected chi connectivity index (χ0v) is 12.6. The summed E-state index contributed by atoms with van der Waals surface area (Å²) in [5.41, 5.74) is 0.286. The highest BCUT2D eigenvalue weighted by atomic mass is 19.1. The van der Waals surface area contributed by atoms with Crippen molar-refractivity contribution in [2.75, 3.05) is 33.7 Å². The Kier molecular flexibility index (Phi) is 4.90. The van der Waals surface area contributed by atoms with E-state index >= 15 is 0 Å². The topological polar surface area (TPSA) is 35.6 Å². The lowest BCUT2D eigenvalue weighted by Gasteiger charge is -2.40. The van der Waals surface area contributed by atoms with Gasteiger partial charge in [-0.25, -0.2) is 8.78 Å². The number of halogens is 2. The standard InChI is InChI=1S/C15H21F2N3O/c1-10(12-8-11(16)4-5-13(12)17)20-7-6-18-9-14(20)15(21)19(2)3/h4-5,8,10,14,18H,6-7,9H2,1-3H3. The Morgan fingerprint density at radius 3 is 2.81 bits per heavy atom. The van der Waals surface area contributed by atoms with Gasteiger partial charge in [0.2, 0.25) is 5.91 Å². The van der Waals surface area contributed by atoms with E-state index in [0.29, 0.717) is 13.1 Å². The first-order valence-electron chi connectivity index (χ1n) is 7.04. The van der Waals surface area contributed by atoms with Crippen LogP contribution in [0.4, 0.5) is 8.78 Å². The van der Waals surface area contributed by atoms with Crippen LogP contribution in [0.15, 0.2) is 18.2 Å². The number of carbonyl (C=O) groups is 1. The molecule has 1 aliphatic rings. The normalized spacial score (nSPS) is 21.1. The molecule has 1 N–H and O–H groups in total. The minimum absolute atomic E-state index is 0.0362. The van der Waals surface area contributed by atoms with Crippen molar-refractivity contribution in [1.29, 1.82) is 0 Å². The van der Waals surface area contributed by atoms with Gasteiger partial charge < -0.3 is 10.2 Å². The molecule has 1 heterocycles. The predicted molar refractivity (Wildman–Crippen MR) is 76.8 cm³/mol. The van der Waals surface area contributed by atoms with E-state index in [1.165, 1.54) is 11.0 Å². The molecule has 0 bridgehead atoms. The van der Waals surface area contributed by atoms with Crippen LogP contribution in [0.2, 0.25) is 0 Å². The summed E-state index contributed by atoms with van der Waals surface area (Å²) < 4.78 is 27.3. The molecule has 1 aromatic rings. The number of benzene rings is 1. The molecule has 2 rings (SSSR count). The summed E-state index contributed by atoms with van der Waals surface area (Å²) in [6.07, 6.45) is 0. The van der Waals surface area contributed by atoms with Crippen LogP contribution in [0.1, 0.15) is 18.5 Å². The van der Waals surface area contributed by atoms with Gasteiger partial charge in [-0.2, -0.15) is 0 Å². The smallest absolute Gasteiger partial charge is 0.240 e. The van der Waals surface area contributed by atoms with E-state index in [4.69, 9.17) is 0 Å².